The lowest BCUT2D eigenvalue weighted by Crippen LogP contribution is -2.36. The Hall–Kier alpha value is -1.35. The molecule has 3 heteroatoms. The van der Waals surface area contributed by atoms with Crippen molar-refractivity contribution in [2.45, 2.75) is 12.8 Å². The molecule has 0 aromatic heterocycles. The molecule has 1 amide bonds. The van der Waals surface area contributed by atoms with Crippen LogP contribution in [0.25, 0.3) is 0 Å². The molecule has 1 aliphatic carbocycles. The molecule has 0 aliphatic heterocycles. The summed E-state index contributed by atoms with van der Waals surface area (Å²) in [4.78, 5) is 13.5. The van der Waals surface area contributed by atoms with E-state index in [0.717, 1.165) is 18.2 Å². The highest BCUT2D eigenvalue weighted by atomic mass is 16.2. The average molecular weight is 218 g/mol. The van der Waals surface area contributed by atoms with Gasteiger partial charge in [0.1, 0.15) is 0 Å². The second-order valence-electron chi connectivity index (χ2n) is 4.36. The second kappa shape index (κ2) is 5.12. The highest BCUT2D eigenvalue weighted by Crippen LogP contribution is 2.27. The maximum atomic E-state index is 11.8. The van der Waals surface area contributed by atoms with Crippen LogP contribution in [0.5, 0.6) is 0 Å². The maximum absolute atomic E-state index is 11.8. The molecule has 0 radical (unpaired) electrons. The number of carbonyl (C=O) groups is 1. The molecule has 0 spiro atoms. The van der Waals surface area contributed by atoms with Gasteiger partial charge in [-0.2, -0.15) is 0 Å². The molecule has 0 unspecified atom stereocenters. The summed E-state index contributed by atoms with van der Waals surface area (Å²) in [7, 11) is 1.82. The summed E-state index contributed by atoms with van der Waals surface area (Å²) in [5, 5.41) is 3.21. The third-order valence-electron chi connectivity index (χ3n) is 2.92. The zero-order valence-corrected chi connectivity index (χ0v) is 9.65. The molecule has 1 aliphatic rings. The lowest BCUT2D eigenvalue weighted by molar-refractivity contribution is -0.117. The van der Waals surface area contributed by atoms with Crippen LogP contribution in [0.1, 0.15) is 12.8 Å². The highest BCUT2D eigenvalue weighted by Gasteiger charge is 2.21. The maximum Gasteiger partial charge on any atom is 0.240 e. The van der Waals surface area contributed by atoms with Crippen molar-refractivity contribution in [3.8, 4) is 0 Å². The molecule has 2 rings (SSSR count). The van der Waals surface area contributed by atoms with Gasteiger partial charge in [-0.1, -0.05) is 18.2 Å². The topological polar surface area (TPSA) is 32.3 Å². The van der Waals surface area contributed by atoms with Crippen molar-refractivity contribution >= 4 is 11.6 Å². The normalized spacial score (nSPS) is 14.8. The Kier molecular flexibility index (Phi) is 3.57. The third kappa shape index (κ3) is 3.07. The molecular formula is C13H18N2O. The second-order valence-corrected chi connectivity index (χ2v) is 4.36. The van der Waals surface area contributed by atoms with E-state index in [-0.39, 0.29) is 5.91 Å². The van der Waals surface area contributed by atoms with E-state index in [1.54, 1.807) is 4.90 Å². The Labute approximate surface area is 96.5 Å². The Balaban J connectivity index is 1.79. The molecule has 3 nitrogen and oxygen atoms in total. The average Bonchev–Trinajstić information content (AvgIpc) is 3.13. The van der Waals surface area contributed by atoms with Gasteiger partial charge in [0.15, 0.2) is 0 Å². The summed E-state index contributed by atoms with van der Waals surface area (Å²) in [6.07, 6.45) is 2.63. The fourth-order valence-corrected chi connectivity index (χ4v) is 1.62. The summed E-state index contributed by atoms with van der Waals surface area (Å²) >= 11 is 0. The van der Waals surface area contributed by atoms with Gasteiger partial charge in [-0.05, 0) is 37.4 Å². The van der Waals surface area contributed by atoms with Gasteiger partial charge in [-0.15, -0.1) is 0 Å². The zero-order chi connectivity index (χ0) is 11.4. The predicted octanol–water partition coefficient (Wildman–Crippen LogP) is 1.65. The molecule has 1 aromatic rings. The number of hydrogen-bond donors (Lipinski definition) is 1. The molecule has 86 valence electrons. The number of rotatable bonds is 5. The van der Waals surface area contributed by atoms with Gasteiger partial charge in [0.2, 0.25) is 5.91 Å². The van der Waals surface area contributed by atoms with Crippen LogP contribution in [0.15, 0.2) is 30.3 Å². The van der Waals surface area contributed by atoms with Gasteiger partial charge in [0, 0.05) is 12.7 Å². The number of para-hydroxylation sites is 1. The van der Waals surface area contributed by atoms with Gasteiger partial charge in [-0.3, -0.25) is 4.79 Å². The number of carbonyl (C=O) groups excluding carboxylic acids is 1. The molecular weight excluding hydrogens is 200 g/mol. The van der Waals surface area contributed by atoms with Gasteiger partial charge < -0.3 is 10.2 Å². The lowest BCUT2D eigenvalue weighted by atomic mass is 10.3. The summed E-state index contributed by atoms with van der Waals surface area (Å²) in [6, 6.07) is 9.72. The van der Waals surface area contributed by atoms with E-state index in [1.165, 1.54) is 12.8 Å². The third-order valence-corrected chi connectivity index (χ3v) is 2.92. The van der Waals surface area contributed by atoms with E-state index in [1.807, 2.05) is 37.4 Å². The SMILES string of the molecule is CN(C(=O)CNCC1CC1)c1ccccc1. The lowest BCUT2D eigenvalue weighted by Gasteiger charge is -2.17. The number of hydrogen-bond acceptors (Lipinski definition) is 2. The number of nitrogens with zero attached hydrogens (tertiary/aromatic N) is 1. The van der Waals surface area contributed by atoms with E-state index in [9.17, 15) is 4.79 Å². The van der Waals surface area contributed by atoms with Crippen LogP contribution >= 0.6 is 0 Å². The van der Waals surface area contributed by atoms with Crippen molar-refractivity contribution < 1.29 is 4.79 Å². The van der Waals surface area contributed by atoms with Gasteiger partial charge >= 0.3 is 0 Å². The van der Waals surface area contributed by atoms with Crippen LogP contribution in [-0.2, 0) is 4.79 Å². The minimum absolute atomic E-state index is 0.117. The molecule has 1 N–H and O–H groups in total. The van der Waals surface area contributed by atoms with Crippen molar-refractivity contribution in [1.82, 2.24) is 5.32 Å². The van der Waals surface area contributed by atoms with Crippen molar-refractivity contribution in [1.29, 1.82) is 0 Å². The standard InChI is InChI=1S/C13H18N2O/c1-15(12-5-3-2-4-6-12)13(16)10-14-9-11-7-8-11/h2-6,11,14H,7-10H2,1H3. The Bertz CT molecular complexity index is 346. The quantitative estimate of drug-likeness (QED) is 0.815. The number of likely N-dealkylation sites (N-methyl/N-ethyl adjacent to an activating group) is 1. The van der Waals surface area contributed by atoms with Crippen LogP contribution in [-0.4, -0.2) is 26.0 Å². The summed E-state index contributed by atoms with van der Waals surface area (Å²) in [6.45, 7) is 1.41. The summed E-state index contributed by atoms with van der Waals surface area (Å²) in [5.74, 6) is 0.932. The first-order valence-electron chi connectivity index (χ1n) is 5.79. The van der Waals surface area contributed by atoms with E-state index in [2.05, 4.69) is 5.32 Å². The summed E-state index contributed by atoms with van der Waals surface area (Å²) in [5.41, 5.74) is 0.945. The van der Waals surface area contributed by atoms with Gasteiger partial charge in [0.25, 0.3) is 0 Å². The van der Waals surface area contributed by atoms with E-state index >= 15 is 0 Å². The summed E-state index contributed by atoms with van der Waals surface area (Å²) < 4.78 is 0. The van der Waals surface area contributed by atoms with Crippen LogP contribution in [0.2, 0.25) is 0 Å². The van der Waals surface area contributed by atoms with Crippen molar-refractivity contribution in [3.63, 3.8) is 0 Å². The Morgan fingerprint density at radius 1 is 1.38 bits per heavy atom. The Morgan fingerprint density at radius 2 is 2.06 bits per heavy atom. The number of nitrogens with one attached hydrogen (secondary N) is 1. The molecule has 0 bridgehead atoms. The van der Waals surface area contributed by atoms with Crippen molar-refractivity contribution in [2.75, 3.05) is 25.0 Å². The van der Waals surface area contributed by atoms with Crippen LogP contribution in [0, 0.1) is 5.92 Å². The minimum atomic E-state index is 0.117. The molecule has 1 saturated carbocycles. The Morgan fingerprint density at radius 3 is 2.69 bits per heavy atom. The number of amides is 1. The van der Waals surface area contributed by atoms with Crippen LogP contribution < -0.4 is 10.2 Å². The molecule has 0 saturated heterocycles. The largest absolute Gasteiger partial charge is 0.314 e. The molecule has 1 aromatic carbocycles. The first kappa shape index (κ1) is 11.1. The fourth-order valence-electron chi connectivity index (χ4n) is 1.62. The van der Waals surface area contributed by atoms with Crippen LogP contribution in [0.3, 0.4) is 0 Å². The van der Waals surface area contributed by atoms with E-state index in [4.69, 9.17) is 0 Å². The monoisotopic (exact) mass is 218 g/mol. The smallest absolute Gasteiger partial charge is 0.240 e. The molecule has 0 atom stereocenters. The van der Waals surface area contributed by atoms with Gasteiger partial charge in [0.05, 0.1) is 6.54 Å². The van der Waals surface area contributed by atoms with E-state index < -0.39 is 0 Å². The predicted molar refractivity (Wildman–Crippen MR) is 65.4 cm³/mol. The van der Waals surface area contributed by atoms with Gasteiger partial charge in [-0.25, -0.2) is 0 Å². The number of benzene rings is 1. The molecule has 16 heavy (non-hydrogen) atoms. The van der Waals surface area contributed by atoms with Crippen molar-refractivity contribution in [2.24, 2.45) is 5.92 Å². The first-order chi connectivity index (χ1) is 7.77. The number of anilines is 1. The highest BCUT2D eigenvalue weighted by molar-refractivity contribution is 5.94. The van der Waals surface area contributed by atoms with E-state index in [0.29, 0.717) is 6.54 Å². The first-order valence-corrected chi connectivity index (χ1v) is 5.79. The minimum Gasteiger partial charge on any atom is -0.314 e. The van der Waals surface area contributed by atoms with Crippen LogP contribution in [0.4, 0.5) is 5.69 Å². The fraction of sp³-hybridized carbons (Fsp3) is 0.462. The zero-order valence-electron chi connectivity index (χ0n) is 9.65. The van der Waals surface area contributed by atoms with Crippen molar-refractivity contribution in [3.05, 3.63) is 30.3 Å². The molecule has 0 heterocycles. The molecule has 1 fully saturated rings.